The molecule has 0 saturated heterocycles. The molecule has 4 nitrogen and oxygen atoms in total. The summed E-state index contributed by atoms with van der Waals surface area (Å²) in [6.45, 7) is 2.58. The van der Waals surface area contributed by atoms with E-state index in [1.165, 1.54) is 12.3 Å². The third kappa shape index (κ3) is 2.95. The summed E-state index contributed by atoms with van der Waals surface area (Å²) in [7, 11) is 0. The van der Waals surface area contributed by atoms with Crippen molar-refractivity contribution in [1.29, 1.82) is 0 Å². The minimum atomic E-state index is -0.732. The molecule has 0 spiro atoms. The summed E-state index contributed by atoms with van der Waals surface area (Å²) in [5.41, 5.74) is 1.82. The fraction of sp³-hybridized carbons (Fsp3) is 0.167. The third-order valence-electron chi connectivity index (χ3n) is 3.66. The summed E-state index contributed by atoms with van der Waals surface area (Å²) < 4.78 is 26.5. The Morgan fingerprint density at radius 1 is 1.17 bits per heavy atom. The molecule has 6 heteroatoms. The zero-order valence-corrected chi connectivity index (χ0v) is 13.0. The second-order valence-electron chi connectivity index (χ2n) is 5.33. The molecule has 0 aliphatic carbocycles. The van der Waals surface area contributed by atoms with E-state index < -0.39 is 11.6 Å². The van der Waals surface area contributed by atoms with E-state index in [9.17, 15) is 13.6 Å². The Kier molecular flexibility index (Phi) is 4.46. The number of carbonyl (C=O) groups is 1. The lowest BCUT2D eigenvalue weighted by atomic mass is 10.1. The van der Waals surface area contributed by atoms with Crippen LogP contribution in [-0.4, -0.2) is 24.4 Å². The lowest BCUT2D eigenvalue weighted by Gasteiger charge is -2.14. The van der Waals surface area contributed by atoms with Crippen LogP contribution < -0.4 is 4.90 Å². The van der Waals surface area contributed by atoms with Gasteiger partial charge >= 0.3 is 0 Å². The van der Waals surface area contributed by atoms with Gasteiger partial charge in [-0.05, 0) is 24.6 Å². The Hall–Kier alpha value is -2.89. The van der Waals surface area contributed by atoms with Crippen molar-refractivity contribution < 1.29 is 13.6 Å². The third-order valence-corrected chi connectivity index (χ3v) is 3.66. The number of carbonyl (C=O) groups excluding carboxylic acids is 1. The number of benzene rings is 2. The molecule has 0 fully saturated rings. The number of halogens is 2. The molecule has 24 heavy (non-hydrogen) atoms. The van der Waals surface area contributed by atoms with Crippen LogP contribution in [0.3, 0.4) is 0 Å². The quantitative estimate of drug-likeness (QED) is 0.626. The standard InChI is InChI=1S/C18H15F2N3O/c1-2-9-23-16-6-4-3-5-14(16)17(18(23)24)22-21-11-12-7-8-13(19)10-15(12)20/h3-8,10-11H,2,9H2,1H3/b21-11-,22-17+. The van der Waals surface area contributed by atoms with Crippen molar-refractivity contribution in [3.8, 4) is 0 Å². The van der Waals surface area contributed by atoms with Crippen molar-refractivity contribution in [1.82, 2.24) is 0 Å². The summed E-state index contributed by atoms with van der Waals surface area (Å²) in [6.07, 6.45) is 1.98. The van der Waals surface area contributed by atoms with Crippen LogP contribution in [0.15, 0.2) is 52.7 Å². The molecule has 1 amide bonds. The average molecular weight is 327 g/mol. The van der Waals surface area contributed by atoms with Crippen LogP contribution in [-0.2, 0) is 4.79 Å². The normalized spacial score (nSPS) is 15.5. The van der Waals surface area contributed by atoms with Crippen LogP contribution in [0.4, 0.5) is 14.5 Å². The van der Waals surface area contributed by atoms with E-state index in [0.29, 0.717) is 12.1 Å². The largest absolute Gasteiger partial charge is 0.306 e. The van der Waals surface area contributed by atoms with E-state index in [0.717, 1.165) is 24.2 Å². The lowest BCUT2D eigenvalue weighted by molar-refractivity contribution is -0.112. The molecule has 0 bridgehead atoms. The van der Waals surface area contributed by atoms with Crippen molar-refractivity contribution in [2.45, 2.75) is 13.3 Å². The molecule has 1 aliphatic rings. The number of para-hydroxylation sites is 1. The first-order valence-corrected chi connectivity index (χ1v) is 7.59. The van der Waals surface area contributed by atoms with E-state index in [1.54, 1.807) is 11.0 Å². The summed E-state index contributed by atoms with van der Waals surface area (Å²) in [6, 6.07) is 10.5. The predicted molar refractivity (Wildman–Crippen MR) is 89.6 cm³/mol. The Balaban J connectivity index is 1.92. The first-order valence-electron chi connectivity index (χ1n) is 7.59. The molecule has 0 N–H and O–H groups in total. The molecule has 122 valence electrons. The smallest absolute Gasteiger partial charge is 0.279 e. The Morgan fingerprint density at radius 3 is 2.71 bits per heavy atom. The van der Waals surface area contributed by atoms with Crippen LogP contribution in [0.5, 0.6) is 0 Å². The SMILES string of the molecule is CCCN1C(=O)/C(=N/N=C\c2ccc(F)cc2F)c2ccccc21. The first kappa shape index (κ1) is 16.0. The van der Waals surface area contributed by atoms with Crippen molar-refractivity contribution in [2.75, 3.05) is 11.4 Å². The van der Waals surface area contributed by atoms with E-state index in [1.807, 2.05) is 25.1 Å². The molecule has 1 heterocycles. The molecule has 0 saturated carbocycles. The second kappa shape index (κ2) is 6.70. The Bertz CT molecular complexity index is 846. The molecule has 0 unspecified atom stereocenters. The highest BCUT2D eigenvalue weighted by Crippen LogP contribution is 2.29. The molecular formula is C18H15F2N3O. The average Bonchev–Trinajstić information content (AvgIpc) is 2.83. The predicted octanol–water partition coefficient (Wildman–Crippen LogP) is 3.54. The van der Waals surface area contributed by atoms with Crippen molar-refractivity contribution in [2.24, 2.45) is 10.2 Å². The molecule has 3 rings (SSSR count). The topological polar surface area (TPSA) is 45.0 Å². The molecule has 0 radical (unpaired) electrons. The Morgan fingerprint density at radius 2 is 1.96 bits per heavy atom. The number of amides is 1. The summed E-state index contributed by atoms with van der Waals surface area (Å²) in [5.74, 6) is -1.62. The van der Waals surface area contributed by atoms with Crippen LogP contribution in [0.1, 0.15) is 24.5 Å². The van der Waals surface area contributed by atoms with Gasteiger partial charge in [0.25, 0.3) is 5.91 Å². The van der Waals surface area contributed by atoms with Crippen LogP contribution in [0.25, 0.3) is 0 Å². The van der Waals surface area contributed by atoms with E-state index >= 15 is 0 Å². The Labute approximate surface area is 138 Å². The van der Waals surface area contributed by atoms with Crippen molar-refractivity contribution in [3.63, 3.8) is 0 Å². The van der Waals surface area contributed by atoms with Gasteiger partial charge in [0.1, 0.15) is 11.6 Å². The maximum Gasteiger partial charge on any atom is 0.279 e. The summed E-state index contributed by atoms with van der Waals surface area (Å²) >= 11 is 0. The molecule has 2 aromatic rings. The van der Waals surface area contributed by atoms with Gasteiger partial charge in [-0.3, -0.25) is 4.79 Å². The van der Waals surface area contributed by atoms with Crippen LogP contribution >= 0.6 is 0 Å². The number of rotatable bonds is 4. The highest BCUT2D eigenvalue weighted by molar-refractivity contribution is 6.54. The van der Waals surface area contributed by atoms with Gasteiger partial charge in [-0.2, -0.15) is 5.10 Å². The van der Waals surface area contributed by atoms with Crippen LogP contribution in [0, 0.1) is 11.6 Å². The second-order valence-corrected chi connectivity index (χ2v) is 5.33. The molecule has 0 aromatic heterocycles. The molecule has 2 aromatic carbocycles. The van der Waals surface area contributed by atoms with Gasteiger partial charge in [0.15, 0.2) is 5.71 Å². The zero-order chi connectivity index (χ0) is 17.1. The van der Waals surface area contributed by atoms with Gasteiger partial charge < -0.3 is 4.90 Å². The summed E-state index contributed by atoms with van der Waals surface area (Å²) in [5, 5.41) is 7.78. The van der Waals surface area contributed by atoms with Gasteiger partial charge in [0.05, 0.1) is 11.9 Å². The number of anilines is 1. The highest BCUT2D eigenvalue weighted by Gasteiger charge is 2.33. The van der Waals surface area contributed by atoms with E-state index in [4.69, 9.17) is 0 Å². The van der Waals surface area contributed by atoms with E-state index in [2.05, 4.69) is 10.2 Å². The maximum atomic E-state index is 13.6. The van der Waals surface area contributed by atoms with E-state index in [-0.39, 0.29) is 17.2 Å². The van der Waals surface area contributed by atoms with Crippen molar-refractivity contribution >= 4 is 23.5 Å². The highest BCUT2D eigenvalue weighted by atomic mass is 19.1. The van der Waals surface area contributed by atoms with Gasteiger partial charge in [-0.15, -0.1) is 5.10 Å². The van der Waals surface area contributed by atoms with Gasteiger partial charge in [0.2, 0.25) is 0 Å². The molecule has 0 atom stereocenters. The summed E-state index contributed by atoms with van der Waals surface area (Å²) in [4.78, 5) is 14.2. The van der Waals surface area contributed by atoms with Gasteiger partial charge in [0, 0.05) is 23.7 Å². The molecule has 1 aliphatic heterocycles. The van der Waals surface area contributed by atoms with Gasteiger partial charge in [-0.25, -0.2) is 8.78 Å². The zero-order valence-electron chi connectivity index (χ0n) is 13.0. The number of nitrogens with zero attached hydrogens (tertiary/aromatic N) is 3. The van der Waals surface area contributed by atoms with Crippen molar-refractivity contribution in [3.05, 3.63) is 65.2 Å². The molecular weight excluding hydrogens is 312 g/mol. The monoisotopic (exact) mass is 327 g/mol. The number of fused-ring (bicyclic) bond motifs is 1. The lowest BCUT2D eigenvalue weighted by Crippen LogP contribution is -2.30. The number of hydrogen-bond donors (Lipinski definition) is 0. The fourth-order valence-electron chi connectivity index (χ4n) is 2.56. The minimum absolute atomic E-state index is 0.102. The van der Waals surface area contributed by atoms with Gasteiger partial charge in [-0.1, -0.05) is 25.1 Å². The fourth-order valence-corrected chi connectivity index (χ4v) is 2.56. The first-order chi connectivity index (χ1) is 11.6. The van der Waals surface area contributed by atoms with Crippen LogP contribution in [0.2, 0.25) is 0 Å². The number of hydrogen-bond acceptors (Lipinski definition) is 3. The maximum absolute atomic E-state index is 13.6. The minimum Gasteiger partial charge on any atom is -0.306 e.